The first kappa shape index (κ1) is 30.8. The van der Waals surface area contributed by atoms with E-state index >= 15 is 0 Å². The van der Waals surface area contributed by atoms with E-state index in [1.165, 1.54) is 62.7 Å². The van der Waals surface area contributed by atoms with Crippen LogP contribution in [0.15, 0.2) is 41.7 Å². The molecule has 1 N–H and O–H groups in total. The molecule has 1 unspecified atom stereocenters. The van der Waals surface area contributed by atoms with Crippen molar-refractivity contribution in [2.75, 3.05) is 0 Å². The number of nitro groups is 1. The van der Waals surface area contributed by atoms with Crippen molar-refractivity contribution < 1.29 is 19.6 Å². The number of rotatable bonds is 10. The van der Waals surface area contributed by atoms with Crippen LogP contribution in [0.3, 0.4) is 0 Å². The zero-order chi connectivity index (χ0) is 30.2. The molecule has 3 saturated carbocycles. The van der Waals surface area contributed by atoms with Crippen LogP contribution in [-0.4, -0.2) is 22.1 Å². The summed E-state index contributed by atoms with van der Waals surface area (Å²) in [5, 5.41) is 21.4. The number of nitro benzene ring substituents is 1. The van der Waals surface area contributed by atoms with Gasteiger partial charge in [-0.05, 0) is 97.3 Å². The minimum absolute atomic E-state index is 0.125. The third kappa shape index (κ3) is 5.79. The van der Waals surface area contributed by atoms with Gasteiger partial charge in [0.05, 0.1) is 10.5 Å². The molecule has 42 heavy (non-hydrogen) atoms. The lowest BCUT2D eigenvalue weighted by Gasteiger charge is -2.58. The standard InChI is InChI=1S/C36H51NO5/c1-23(2)9-8-10-24(3)29-15-16-30-28-14-13-26-22-27(17-19-35(26,4)31(28)18-20-36(29,30)5)42-33(34(38)39)21-25-11-6-7-12-32(25)37(40)41/h6-7,11-13,21,23-24,27-31H,8-10,14-20,22H2,1-5H3,(H,38,39)/b33-21+/t24-,27?,28+,29-,30+,31+,35+,36-/m1/s1. The van der Waals surface area contributed by atoms with E-state index in [2.05, 4.69) is 40.7 Å². The van der Waals surface area contributed by atoms with Crippen molar-refractivity contribution in [3.05, 3.63) is 57.4 Å². The van der Waals surface area contributed by atoms with E-state index in [0.29, 0.717) is 11.3 Å². The summed E-state index contributed by atoms with van der Waals surface area (Å²) in [6.45, 7) is 12.3. The number of carbonyl (C=O) groups is 1. The predicted molar refractivity (Wildman–Crippen MR) is 167 cm³/mol. The average molecular weight is 578 g/mol. The van der Waals surface area contributed by atoms with Crippen molar-refractivity contribution in [1.82, 2.24) is 0 Å². The molecule has 0 saturated heterocycles. The zero-order valence-electron chi connectivity index (χ0n) is 26.3. The van der Waals surface area contributed by atoms with Crippen LogP contribution >= 0.6 is 0 Å². The number of hydrogen-bond donors (Lipinski definition) is 1. The van der Waals surface area contributed by atoms with Crippen LogP contribution < -0.4 is 0 Å². The highest BCUT2D eigenvalue weighted by Gasteiger charge is 2.59. The summed E-state index contributed by atoms with van der Waals surface area (Å²) in [4.78, 5) is 23.1. The second kappa shape index (κ2) is 12.2. The molecule has 4 aliphatic carbocycles. The van der Waals surface area contributed by atoms with Crippen molar-refractivity contribution in [1.29, 1.82) is 0 Å². The SMILES string of the molecule is CC(C)CCC[C@@H](C)[C@H]1CC[C@H]2[C@@H]3CC=C4CC(O/C(=C/c5ccccc5[N+](=O)[O-])C(=O)O)CC[C@]4(C)[C@H]3CC[C@]12C. The van der Waals surface area contributed by atoms with E-state index in [1.54, 1.807) is 18.2 Å². The van der Waals surface area contributed by atoms with Gasteiger partial charge < -0.3 is 9.84 Å². The summed E-state index contributed by atoms with van der Waals surface area (Å²) >= 11 is 0. The maximum Gasteiger partial charge on any atom is 0.371 e. The van der Waals surface area contributed by atoms with Gasteiger partial charge in [-0.3, -0.25) is 10.1 Å². The fourth-order valence-electron chi connectivity index (χ4n) is 10.00. The lowest BCUT2D eigenvalue weighted by molar-refractivity contribution is -0.385. The third-order valence-corrected chi connectivity index (χ3v) is 12.2. The maximum atomic E-state index is 12.1. The van der Waals surface area contributed by atoms with Gasteiger partial charge in [0.25, 0.3) is 5.69 Å². The Labute approximate surface area is 252 Å². The Bertz CT molecular complexity index is 1230. The van der Waals surface area contributed by atoms with Gasteiger partial charge in [0.1, 0.15) is 6.10 Å². The largest absolute Gasteiger partial charge is 0.483 e. The first-order chi connectivity index (χ1) is 19.9. The Kier molecular flexibility index (Phi) is 8.93. The molecule has 0 radical (unpaired) electrons. The van der Waals surface area contributed by atoms with Crippen molar-refractivity contribution in [2.45, 2.75) is 111 Å². The van der Waals surface area contributed by atoms with E-state index < -0.39 is 10.9 Å². The van der Waals surface area contributed by atoms with Gasteiger partial charge >= 0.3 is 5.97 Å². The second-order valence-electron chi connectivity index (χ2n) is 14.9. The number of fused-ring (bicyclic) bond motifs is 5. The number of allylic oxidation sites excluding steroid dienone is 1. The number of carboxylic acid groups (broad SMARTS) is 1. The first-order valence-electron chi connectivity index (χ1n) is 16.5. The highest BCUT2D eigenvalue weighted by molar-refractivity contribution is 5.90. The molecule has 5 rings (SSSR count). The molecule has 0 amide bonds. The number of nitrogens with zero attached hydrogens (tertiary/aromatic N) is 1. The molecular weight excluding hydrogens is 526 g/mol. The Hall–Kier alpha value is -2.63. The van der Waals surface area contributed by atoms with Gasteiger partial charge in [-0.1, -0.05) is 77.7 Å². The topological polar surface area (TPSA) is 89.7 Å². The molecule has 6 heteroatoms. The quantitative estimate of drug-likeness (QED) is 0.0983. The maximum absolute atomic E-state index is 12.1. The van der Waals surface area contributed by atoms with Crippen molar-refractivity contribution >= 4 is 17.7 Å². The van der Waals surface area contributed by atoms with E-state index in [9.17, 15) is 20.0 Å². The Morgan fingerprint density at radius 2 is 1.86 bits per heavy atom. The highest BCUT2D eigenvalue weighted by atomic mass is 16.6. The summed E-state index contributed by atoms with van der Waals surface area (Å²) in [7, 11) is 0. The van der Waals surface area contributed by atoms with E-state index in [1.807, 2.05) is 0 Å². The molecule has 0 bridgehead atoms. The van der Waals surface area contributed by atoms with Crippen LogP contribution in [0.2, 0.25) is 0 Å². The fourth-order valence-corrected chi connectivity index (χ4v) is 10.00. The summed E-state index contributed by atoms with van der Waals surface area (Å²) in [5.41, 5.74) is 2.17. The minimum atomic E-state index is -1.19. The number of carboxylic acids is 1. The molecule has 230 valence electrons. The van der Waals surface area contributed by atoms with E-state index in [4.69, 9.17) is 4.74 Å². The monoisotopic (exact) mass is 577 g/mol. The predicted octanol–water partition coefficient (Wildman–Crippen LogP) is 9.45. The van der Waals surface area contributed by atoms with Crippen molar-refractivity contribution in [3.8, 4) is 0 Å². The number of ether oxygens (including phenoxy) is 1. The number of benzene rings is 1. The summed E-state index contributed by atoms with van der Waals surface area (Å²) in [6.07, 6.45) is 16.7. The molecule has 6 nitrogen and oxygen atoms in total. The zero-order valence-corrected chi connectivity index (χ0v) is 26.3. The van der Waals surface area contributed by atoms with Gasteiger partial charge in [-0.2, -0.15) is 0 Å². The Morgan fingerprint density at radius 1 is 1.10 bits per heavy atom. The van der Waals surface area contributed by atoms with Gasteiger partial charge in [0, 0.05) is 18.6 Å². The second-order valence-corrected chi connectivity index (χ2v) is 14.9. The minimum Gasteiger partial charge on any atom is -0.483 e. The Balaban J connectivity index is 1.29. The summed E-state index contributed by atoms with van der Waals surface area (Å²) in [6, 6.07) is 6.19. The highest BCUT2D eigenvalue weighted by Crippen LogP contribution is 2.67. The first-order valence-corrected chi connectivity index (χ1v) is 16.5. The molecule has 0 aliphatic heterocycles. The lowest BCUT2D eigenvalue weighted by Crippen LogP contribution is -2.51. The van der Waals surface area contributed by atoms with Crippen LogP contribution in [0.25, 0.3) is 6.08 Å². The molecule has 1 aromatic carbocycles. The van der Waals surface area contributed by atoms with Crippen LogP contribution in [0.1, 0.15) is 111 Å². The Morgan fingerprint density at radius 3 is 2.57 bits per heavy atom. The molecular formula is C36H51NO5. The van der Waals surface area contributed by atoms with Crippen LogP contribution in [0.5, 0.6) is 0 Å². The van der Waals surface area contributed by atoms with Crippen molar-refractivity contribution in [3.63, 3.8) is 0 Å². The average Bonchev–Trinajstić information content (AvgIpc) is 3.30. The molecule has 1 aromatic rings. The third-order valence-electron chi connectivity index (χ3n) is 12.2. The van der Waals surface area contributed by atoms with Crippen LogP contribution in [0.4, 0.5) is 5.69 Å². The van der Waals surface area contributed by atoms with Crippen LogP contribution in [-0.2, 0) is 9.53 Å². The molecule has 0 heterocycles. The summed E-state index contributed by atoms with van der Waals surface area (Å²) < 4.78 is 6.09. The number of para-hydroxylation sites is 1. The fraction of sp³-hybridized carbons (Fsp3) is 0.694. The van der Waals surface area contributed by atoms with Crippen molar-refractivity contribution in [2.24, 2.45) is 46.3 Å². The molecule has 3 fully saturated rings. The molecule has 8 atom stereocenters. The normalized spacial score (nSPS) is 35.0. The lowest BCUT2D eigenvalue weighted by atomic mass is 9.47. The number of aliphatic carboxylic acids is 1. The molecule has 0 aromatic heterocycles. The smallest absolute Gasteiger partial charge is 0.371 e. The van der Waals surface area contributed by atoms with Gasteiger partial charge in [-0.25, -0.2) is 4.79 Å². The van der Waals surface area contributed by atoms with E-state index in [0.717, 1.165) is 55.3 Å². The summed E-state index contributed by atoms with van der Waals surface area (Å²) in [5.74, 6) is 3.27. The van der Waals surface area contributed by atoms with Gasteiger partial charge in [0.2, 0.25) is 5.76 Å². The van der Waals surface area contributed by atoms with E-state index in [-0.39, 0.29) is 28.5 Å². The van der Waals surface area contributed by atoms with Gasteiger partial charge in [-0.15, -0.1) is 0 Å². The van der Waals surface area contributed by atoms with Gasteiger partial charge in [0.15, 0.2) is 0 Å². The molecule has 0 spiro atoms. The van der Waals surface area contributed by atoms with Crippen LogP contribution in [0, 0.1) is 56.5 Å². The number of hydrogen-bond acceptors (Lipinski definition) is 4. The molecule has 4 aliphatic rings.